The Bertz CT molecular complexity index is 341. The van der Waals surface area contributed by atoms with Crippen LogP contribution in [-0.4, -0.2) is 25.7 Å². The summed E-state index contributed by atoms with van der Waals surface area (Å²) in [6.45, 7) is 2.71. The average Bonchev–Trinajstić information content (AvgIpc) is 2.14. The second kappa shape index (κ2) is 5.93. The molecule has 0 aromatic heterocycles. The lowest BCUT2D eigenvalue weighted by Crippen LogP contribution is -2.37. The number of hydrogen-bond acceptors (Lipinski definition) is 3. The summed E-state index contributed by atoms with van der Waals surface area (Å²) in [5, 5.41) is 0. The van der Waals surface area contributed by atoms with Gasteiger partial charge >= 0.3 is 0 Å². The molecule has 0 spiro atoms. The van der Waals surface area contributed by atoms with Crippen molar-refractivity contribution >= 4 is 27.2 Å². The lowest BCUT2D eigenvalue weighted by molar-refractivity contribution is 0.257. The van der Waals surface area contributed by atoms with Gasteiger partial charge in [-0.2, -0.15) is 0 Å². The Morgan fingerprint density at radius 2 is 2.06 bits per heavy atom. The normalized spacial score (nSPS) is 26.6. The quantitative estimate of drug-likeness (QED) is 0.727. The highest BCUT2D eigenvalue weighted by atomic mass is 32.2. The van der Waals surface area contributed by atoms with Crippen LogP contribution in [0.25, 0.3) is 0 Å². The van der Waals surface area contributed by atoms with Gasteiger partial charge in [0, 0.05) is 6.54 Å². The third-order valence-electron chi connectivity index (χ3n) is 3.19. The average molecular weight is 264 g/mol. The molecule has 1 fully saturated rings. The summed E-state index contributed by atoms with van der Waals surface area (Å²) in [7, 11) is -3.32. The number of rotatable bonds is 5. The van der Waals surface area contributed by atoms with Gasteiger partial charge in [0.05, 0.1) is 4.99 Å². The summed E-state index contributed by atoms with van der Waals surface area (Å²) < 4.78 is 25.6. The molecular weight excluding hydrogens is 244 g/mol. The summed E-state index contributed by atoms with van der Waals surface area (Å²) >= 11 is 4.60. The molecule has 94 valence electrons. The van der Waals surface area contributed by atoms with Crippen LogP contribution in [0.15, 0.2) is 0 Å². The van der Waals surface area contributed by atoms with E-state index >= 15 is 0 Å². The van der Waals surface area contributed by atoms with Gasteiger partial charge in [0.1, 0.15) is 5.75 Å². The monoisotopic (exact) mass is 264 g/mol. The van der Waals surface area contributed by atoms with Gasteiger partial charge in [-0.25, -0.2) is 13.1 Å². The molecule has 2 unspecified atom stereocenters. The largest absolute Gasteiger partial charge is 0.392 e. The molecule has 0 amide bonds. The molecule has 6 heteroatoms. The van der Waals surface area contributed by atoms with Crippen molar-refractivity contribution in [3.8, 4) is 0 Å². The molecule has 2 atom stereocenters. The summed E-state index contributed by atoms with van der Waals surface area (Å²) in [6.07, 6.45) is 4.77. The van der Waals surface area contributed by atoms with E-state index in [0.717, 1.165) is 6.42 Å². The van der Waals surface area contributed by atoms with Crippen molar-refractivity contribution in [2.24, 2.45) is 17.6 Å². The molecule has 0 aliphatic heterocycles. The zero-order chi connectivity index (χ0) is 12.2. The zero-order valence-corrected chi connectivity index (χ0v) is 11.2. The number of thiocarbonyl (C=S) groups is 1. The maximum Gasteiger partial charge on any atom is 0.218 e. The van der Waals surface area contributed by atoms with Crippen LogP contribution < -0.4 is 10.5 Å². The van der Waals surface area contributed by atoms with Crippen LogP contribution >= 0.6 is 12.2 Å². The molecule has 1 saturated carbocycles. The highest BCUT2D eigenvalue weighted by Gasteiger charge is 2.23. The smallest absolute Gasteiger partial charge is 0.218 e. The first-order valence-electron chi connectivity index (χ1n) is 5.66. The van der Waals surface area contributed by atoms with Gasteiger partial charge in [-0.1, -0.05) is 38.4 Å². The molecule has 16 heavy (non-hydrogen) atoms. The van der Waals surface area contributed by atoms with Crippen molar-refractivity contribution in [1.82, 2.24) is 4.72 Å². The van der Waals surface area contributed by atoms with E-state index in [0.29, 0.717) is 18.4 Å². The van der Waals surface area contributed by atoms with Crippen molar-refractivity contribution < 1.29 is 8.42 Å². The minimum atomic E-state index is -3.32. The fraction of sp³-hybridized carbons (Fsp3) is 0.900. The number of sulfonamides is 1. The standard InChI is InChI=1S/C10H20N2O2S2/c1-8-4-2-3-5-9(8)6-12-16(13,14)7-10(11)15/h8-9,12H,2-7H2,1H3,(H2,11,15). The van der Waals surface area contributed by atoms with Crippen molar-refractivity contribution in [2.45, 2.75) is 32.6 Å². The maximum atomic E-state index is 11.5. The van der Waals surface area contributed by atoms with Crippen LogP contribution in [0.5, 0.6) is 0 Å². The van der Waals surface area contributed by atoms with E-state index in [9.17, 15) is 8.42 Å². The third kappa shape index (κ3) is 4.76. The third-order valence-corrected chi connectivity index (χ3v) is 4.81. The molecule has 1 aliphatic carbocycles. The van der Waals surface area contributed by atoms with E-state index in [1.54, 1.807) is 0 Å². The van der Waals surface area contributed by atoms with Gasteiger partial charge < -0.3 is 5.73 Å². The Morgan fingerprint density at radius 3 is 2.62 bits per heavy atom. The molecule has 0 saturated heterocycles. The molecule has 0 heterocycles. The van der Waals surface area contributed by atoms with E-state index in [2.05, 4.69) is 23.9 Å². The first-order chi connectivity index (χ1) is 7.41. The molecule has 0 bridgehead atoms. The van der Waals surface area contributed by atoms with Crippen LogP contribution in [0.4, 0.5) is 0 Å². The second-order valence-electron chi connectivity index (χ2n) is 4.60. The Morgan fingerprint density at radius 1 is 1.44 bits per heavy atom. The Hall–Kier alpha value is -0.200. The topological polar surface area (TPSA) is 72.2 Å². The Kier molecular flexibility index (Phi) is 5.14. The lowest BCUT2D eigenvalue weighted by Gasteiger charge is -2.28. The van der Waals surface area contributed by atoms with Crippen LogP contribution in [0.2, 0.25) is 0 Å². The SMILES string of the molecule is CC1CCCCC1CNS(=O)(=O)CC(N)=S. The van der Waals surface area contributed by atoms with Crippen LogP contribution in [0.3, 0.4) is 0 Å². The molecule has 1 rings (SSSR count). The van der Waals surface area contributed by atoms with E-state index in [1.807, 2.05) is 0 Å². The van der Waals surface area contributed by atoms with Crippen molar-refractivity contribution in [2.75, 3.05) is 12.3 Å². The zero-order valence-electron chi connectivity index (χ0n) is 9.61. The summed E-state index contributed by atoms with van der Waals surface area (Å²) in [5.41, 5.74) is 5.23. The van der Waals surface area contributed by atoms with Crippen molar-refractivity contribution in [3.63, 3.8) is 0 Å². The van der Waals surface area contributed by atoms with Gasteiger partial charge in [-0.15, -0.1) is 0 Å². The molecule has 0 radical (unpaired) electrons. The van der Waals surface area contributed by atoms with Gasteiger partial charge in [0.2, 0.25) is 10.0 Å². The van der Waals surface area contributed by atoms with Crippen molar-refractivity contribution in [1.29, 1.82) is 0 Å². The van der Waals surface area contributed by atoms with Gasteiger partial charge in [0.25, 0.3) is 0 Å². The van der Waals surface area contributed by atoms with Crippen LogP contribution in [-0.2, 0) is 10.0 Å². The maximum absolute atomic E-state index is 11.5. The lowest BCUT2D eigenvalue weighted by atomic mass is 9.81. The second-order valence-corrected chi connectivity index (χ2v) is 6.93. The molecule has 4 nitrogen and oxygen atoms in total. The predicted molar refractivity (Wildman–Crippen MR) is 69.7 cm³/mol. The number of nitrogens with two attached hydrogens (primary N) is 1. The van der Waals surface area contributed by atoms with E-state index in [1.165, 1.54) is 19.3 Å². The van der Waals surface area contributed by atoms with Crippen LogP contribution in [0.1, 0.15) is 32.6 Å². The highest BCUT2D eigenvalue weighted by molar-refractivity contribution is 7.92. The van der Waals surface area contributed by atoms with E-state index in [-0.39, 0.29) is 10.7 Å². The highest BCUT2D eigenvalue weighted by Crippen LogP contribution is 2.28. The van der Waals surface area contributed by atoms with Crippen molar-refractivity contribution in [3.05, 3.63) is 0 Å². The number of nitrogens with one attached hydrogen (secondary N) is 1. The van der Waals surface area contributed by atoms with Crippen LogP contribution in [0, 0.1) is 11.8 Å². The van der Waals surface area contributed by atoms with E-state index < -0.39 is 10.0 Å². The molecule has 0 aromatic carbocycles. The summed E-state index contributed by atoms with van der Waals surface area (Å²) in [5.74, 6) is 0.805. The fourth-order valence-electron chi connectivity index (χ4n) is 2.17. The first-order valence-corrected chi connectivity index (χ1v) is 7.72. The molecule has 3 N–H and O–H groups in total. The summed E-state index contributed by atoms with van der Waals surface area (Å²) in [4.78, 5) is 0.0178. The number of hydrogen-bond donors (Lipinski definition) is 2. The predicted octanol–water partition coefficient (Wildman–Crippen LogP) is 1.02. The molecular formula is C10H20N2O2S2. The fourth-order valence-corrected chi connectivity index (χ4v) is 3.58. The minimum absolute atomic E-state index is 0.0178. The Balaban J connectivity index is 2.41. The minimum Gasteiger partial charge on any atom is -0.392 e. The van der Waals surface area contributed by atoms with Gasteiger partial charge in [-0.05, 0) is 18.3 Å². The molecule has 1 aliphatic rings. The summed E-state index contributed by atoms with van der Waals surface area (Å²) in [6, 6.07) is 0. The Labute approximate surface area is 103 Å². The van der Waals surface area contributed by atoms with E-state index in [4.69, 9.17) is 5.73 Å². The van der Waals surface area contributed by atoms with Gasteiger partial charge in [-0.3, -0.25) is 0 Å². The molecule has 0 aromatic rings. The first kappa shape index (κ1) is 13.9. The van der Waals surface area contributed by atoms with Gasteiger partial charge in [0.15, 0.2) is 0 Å².